The zero-order chi connectivity index (χ0) is 18.5. The summed E-state index contributed by atoms with van der Waals surface area (Å²) in [7, 11) is 0. The van der Waals surface area contributed by atoms with Gasteiger partial charge in [-0.2, -0.15) is 0 Å². The number of hydrogen-bond acceptors (Lipinski definition) is 3. The van der Waals surface area contributed by atoms with Gasteiger partial charge in [-0.1, -0.05) is 24.3 Å². The molecule has 3 aromatic rings. The van der Waals surface area contributed by atoms with Crippen molar-refractivity contribution in [2.45, 2.75) is 0 Å². The third kappa shape index (κ3) is 4.57. The van der Waals surface area contributed by atoms with E-state index in [4.69, 9.17) is 0 Å². The molecule has 7 heteroatoms. The van der Waals surface area contributed by atoms with E-state index in [1.165, 1.54) is 27.8 Å². The van der Waals surface area contributed by atoms with E-state index in [0.29, 0.717) is 11.4 Å². The number of amides is 2. The smallest absolute Gasteiger partial charge is 0.308 e. The van der Waals surface area contributed by atoms with Crippen molar-refractivity contribution < 1.29 is 9.72 Å². The molecular weight excluding hydrogens is 445 g/mol. The highest BCUT2D eigenvalue weighted by Gasteiger charge is 2.07. The Balaban J connectivity index is 1.62. The normalized spacial score (nSPS) is 10.2. The SMILES string of the molecule is O=C(Nc1ccc(-c2ccc(I)cc2)cc1)Nc1ccc([N+](=O)[O-])cc1. The lowest BCUT2D eigenvalue weighted by Crippen LogP contribution is -2.19. The minimum absolute atomic E-state index is 0.0258. The number of nitro groups is 1. The minimum Gasteiger partial charge on any atom is -0.308 e. The highest BCUT2D eigenvalue weighted by molar-refractivity contribution is 14.1. The van der Waals surface area contributed by atoms with Crippen LogP contribution in [0.5, 0.6) is 0 Å². The Morgan fingerprint density at radius 1 is 0.769 bits per heavy atom. The lowest BCUT2D eigenvalue weighted by molar-refractivity contribution is -0.384. The molecular formula is C19H14IN3O3. The van der Waals surface area contributed by atoms with Gasteiger partial charge < -0.3 is 10.6 Å². The number of non-ortho nitro benzene ring substituents is 1. The molecule has 0 unspecified atom stereocenters. The van der Waals surface area contributed by atoms with Crippen molar-refractivity contribution in [3.63, 3.8) is 0 Å². The maximum atomic E-state index is 12.0. The second-order valence-electron chi connectivity index (χ2n) is 5.47. The Hall–Kier alpha value is -2.94. The molecule has 0 aliphatic rings. The van der Waals surface area contributed by atoms with Crippen LogP contribution in [0.2, 0.25) is 0 Å². The summed E-state index contributed by atoms with van der Waals surface area (Å²) in [6.45, 7) is 0. The largest absolute Gasteiger partial charge is 0.323 e. The van der Waals surface area contributed by atoms with Crippen LogP contribution in [0.25, 0.3) is 11.1 Å². The van der Waals surface area contributed by atoms with Gasteiger partial charge in [-0.25, -0.2) is 4.79 Å². The van der Waals surface area contributed by atoms with Gasteiger partial charge in [0.05, 0.1) is 4.92 Å². The average Bonchev–Trinajstić information content (AvgIpc) is 2.63. The van der Waals surface area contributed by atoms with Crippen LogP contribution in [0, 0.1) is 13.7 Å². The third-order valence-corrected chi connectivity index (χ3v) is 4.38. The third-order valence-electron chi connectivity index (χ3n) is 3.66. The van der Waals surface area contributed by atoms with Crippen molar-refractivity contribution in [3.05, 3.63) is 86.5 Å². The Kier molecular flexibility index (Phi) is 5.47. The number of carbonyl (C=O) groups is 1. The Morgan fingerprint density at radius 2 is 1.19 bits per heavy atom. The predicted molar refractivity (Wildman–Crippen MR) is 110 cm³/mol. The Bertz CT molecular complexity index is 924. The first kappa shape index (κ1) is 17.9. The summed E-state index contributed by atoms with van der Waals surface area (Å²) in [6, 6.07) is 20.9. The Morgan fingerprint density at radius 3 is 1.65 bits per heavy atom. The number of nitrogens with zero attached hydrogens (tertiary/aromatic N) is 1. The maximum absolute atomic E-state index is 12.0. The number of carbonyl (C=O) groups excluding carboxylic acids is 1. The molecule has 3 aromatic carbocycles. The highest BCUT2D eigenvalue weighted by Crippen LogP contribution is 2.22. The van der Waals surface area contributed by atoms with E-state index >= 15 is 0 Å². The van der Waals surface area contributed by atoms with Crippen LogP contribution >= 0.6 is 22.6 Å². The zero-order valence-corrected chi connectivity index (χ0v) is 15.6. The molecule has 0 heterocycles. The number of benzene rings is 3. The molecule has 2 N–H and O–H groups in total. The average molecular weight is 459 g/mol. The lowest BCUT2D eigenvalue weighted by Gasteiger charge is -2.08. The lowest BCUT2D eigenvalue weighted by atomic mass is 10.1. The summed E-state index contributed by atoms with van der Waals surface area (Å²) >= 11 is 2.26. The fourth-order valence-electron chi connectivity index (χ4n) is 2.35. The van der Waals surface area contributed by atoms with Crippen LogP contribution in [-0.2, 0) is 0 Å². The van der Waals surface area contributed by atoms with Crippen molar-refractivity contribution in [3.8, 4) is 11.1 Å². The van der Waals surface area contributed by atoms with E-state index in [9.17, 15) is 14.9 Å². The maximum Gasteiger partial charge on any atom is 0.323 e. The molecule has 0 aromatic heterocycles. The standard InChI is InChI=1S/C19H14IN3O3/c20-15-5-1-13(2-6-15)14-3-7-16(8-4-14)21-19(24)22-17-9-11-18(12-10-17)23(25)26/h1-12H,(H2,21,22,24). The number of urea groups is 1. The fraction of sp³-hybridized carbons (Fsp3) is 0. The van der Waals surface area contributed by atoms with Gasteiger partial charge in [0.2, 0.25) is 0 Å². The summed E-state index contributed by atoms with van der Waals surface area (Å²) in [4.78, 5) is 22.2. The second kappa shape index (κ2) is 7.96. The van der Waals surface area contributed by atoms with E-state index in [0.717, 1.165) is 11.1 Å². The molecule has 0 saturated heterocycles. The van der Waals surface area contributed by atoms with Crippen LogP contribution in [0.4, 0.5) is 21.9 Å². The molecule has 0 saturated carbocycles. The van der Waals surface area contributed by atoms with Crippen LogP contribution in [0.3, 0.4) is 0 Å². The van der Waals surface area contributed by atoms with E-state index in [-0.39, 0.29) is 5.69 Å². The number of nitro benzene ring substituents is 1. The van der Waals surface area contributed by atoms with Crippen molar-refractivity contribution in [2.24, 2.45) is 0 Å². The number of anilines is 2. The number of nitrogens with one attached hydrogen (secondary N) is 2. The fourth-order valence-corrected chi connectivity index (χ4v) is 2.71. The predicted octanol–water partition coefficient (Wildman–Crippen LogP) is 5.51. The molecule has 26 heavy (non-hydrogen) atoms. The van der Waals surface area contributed by atoms with Crippen LogP contribution in [-0.4, -0.2) is 11.0 Å². The van der Waals surface area contributed by atoms with Gasteiger partial charge in [-0.05, 0) is 70.1 Å². The second-order valence-corrected chi connectivity index (χ2v) is 6.71. The summed E-state index contributed by atoms with van der Waals surface area (Å²) in [5, 5.41) is 16.0. The molecule has 0 bridgehead atoms. The summed E-state index contributed by atoms with van der Waals surface area (Å²) < 4.78 is 1.17. The molecule has 0 radical (unpaired) electrons. The van der Waals surface area contributed by atoms with Crippen LogP contribution in [0.1, 0.15) is 0 Å². The molecule has 2 amide bonds. The van der Waals surface area contributed by atoms with Crippen molar-refractivity contribution in [2.75, 3.05) is 10.6 Å². The van der Waals surface area contributed by atoms with E-state index in [1.54, 1.807) is 0 Å². The first-order chi connectivity index (χ1) is 12.5. The van der Waals surface area contributed by atoms with Gasteiger partial charge in [-0.3, -0.25) is 10.1 Å². The van der Waals surface area contributed by atoms with Crippen molar-refractivity contribution in [1.82, 2.24) is 0 Å². The molecule has 3 rings (SSSR count). The van der Waals surface area contributed by atoms with Crippen LogP contribution < -0.4 is 10.6 Å². The summed E-state index contributed by atoms with van der Waals surface area (Å²) in [5.41, 5.74) is 3.26. The summed E-state index contributed by atoms with van der Waals surface area (Å²) in [5.74, 6) is 0. The molecule has 0 fully saturated rings. The van der Waals surface area contributed by atoms with Crippen LogP contribution in [0.15, 0.2) is 72.8 Å². The van der Waals surface area contributed by atoms with Crippen molar-refractivity contribution >= 4 is 45.7 Å². The van der Waals surface area contributed by atoms with E-state index in [1.807, 2.05) is 48.5 Å². The zero-order valence-electron chi connectivity index (χ0n) is 13.5. The van der Waals surface area contributed by atoms with Gasteiger partial charge >= 0.3 is 6.03 Å². The van der Waals surface area contributed by atoms with Gasteiger partial charge in [-0.15, -0.1) is 0 Å². The van der Waals surface area contributed by atoms with Gasteiger partial charge in [0.15, 0.2) is 0 Å². The number of rotatable bonds is 4. The molecule has 6 nitrogen and oxygen atoms in total. The molecule has 0 atom stereocenters. The van der Waals surface area contributed by atoms with E-state index < -0.39 is 11.0 Å². The molecule has 0 aliphatic heterocycles. The first-order valence-corrected chi connectivity index (χ1v) is 8.77. The number of halogens is 1. The quantitative estimate of drug-likeness (QED) is 0.307. The highest BCUT2D eigenvalue weighted by atomic mass is 127. The number of hydrogen-bond donors (Lipinski definition) is 2. The topological polar surface area (TPSA) is 84.3 Å². The molecule has 0 aliphatic carbocycles. The Labute approximate surface area is 163 Å². The van der Waals surface area contributed by atoms with Crippen molar-refractivity contribution in [1.29, 1.82) is 0 Å². The molecule has 130 valence electrons. The van der Waals surface area contributed by atoms with Gasteiger partial charge in [0.1, 0.15) is 0 Å². The monoisotopic (exact) mass is 459 g/mol. The van der Waals surface area contributed by atoms with Gasteiger partial charge in [0.25, 0.3) is 5.69 Å². The molecule has 0 spiro atoms. The van der Waals surface area contributed by atoms with E-state index in [2.05, 4.69) is 33.2 Å². The first-order valence-electron chi connectivity index (χ1n) is 7.70. The van der Waals surface area contributed by atoms with Gasteiger partial charge in [0, 0.05) is 27.1 Å². The summed E-state index contributed by atoms with van der Waals surface area (Å²) in [6.07, 6.45) is 0. The minimum atomic E-state index is -0.487.